The van der Waals surface area contributed by atoms with Crippen molar-refractivity contribution in [2.45, 2.75) is 29.6 Å². The average molecular weight is 343 g/mol. The number of aliphatic carboxylic acids is 1. The van der Waals surface area contributed by atoms with E-state index in [9.17, 15) is 14.7 Å². The van der Waals surface area contributed by atoms with Crippen LogP contribution in [0, 0.1) is 5.92 Å². The second kappa shape index (κ2) is 9.13. The quantitative estimate of drug-likeness (QED) is 0.758. The third kappa shape index (κ3) is 5.13. The van der Waals surface area contributed by atoms with Crippen LogP contribution in [0.2, 0.25) is 0 Å². The molecule has 2 rings (SSSR count). The van der Waals surface area contributed by atoms with Crippen LogP contribution in [0.15, 0.2) is 64.4 Å². The van der Waals surface area contributed by atoms with E-state index in [-0.39, 0.29) is 12.5 Å². The Hall–Kier alpha value is -2.27. The Labute approximate surface area is 146 Å². The first-order chi connectivity index (χ1) is 11.6. The number of carbonyl (C=O) groups is 2. The van der Waals surface area contributed by atoms with E-state index in [1.54, 1.807) is 6.07 Å². The Bertz CT molecular complexity index is 688. The van der Waals surface area contributed by atoms with Gasteiger partial charge in [0.15, 0.2) is 0 Å². The lowest BCUT2D eigenvalue weighted by atomic mass is 10.0. The van der Waals surface area contributed by atoms with Crippen LogP contribution in [0.25, 0.3) is 0 Å². The van der Waals surface area contributed by atoms with Gasteiger partial charge in [0.05, 0.1) is 11.5 Å². The summed E-state index contributed by atoms with van der Waals surface area (Å²) in [4.78, 5) is 25.6. The standard InChI is InChI=1S/C19H21NO3S/c1-2-8-14(19(22)23)13-20-18(21)16-11-6-7-12-17(16)24-15-9-4-3-5-10-15/h3-7,9-12,14H,2,8,13H2,1H3,(H,20,21)(H,22,23). The van der Waals surface area contributed by atoms with Gasteiger partial charge < -0.3 is 10.4 Å². The van der Waals surface area contributed by atoms with Crippen molar-refractivity contribution in [1.82, 2.24) is 5.32 Å². The maximum atomic E-state index is 12.5. The summed E-state index contributed by atoms with van der Waals surface area (Å²) in [7, 11) is 0. The molecular formula is C19H21NO3S. The first-order valence-electron chi connectivity index (χ1n) is 7.94. The summed E-state index contributed by atoms with van der Waals surface area (Å²) in [5, 5.41) is 11.9. The van der Waals surface area contributed by atoms with Crippen LogP contribution < -0.4 is 5.32 Å². The Kier molecular flexibility index (Phi) is 6.88. The molecule has 2 aromatic rings. The molecule has 1 amide bonds. The molecule has 0 heterocycles. The van der Waals surface area contributed by atoms with Gasteiger partial charge in [0.25, 0.3) is 5.91 Å². The molecule has 0 radical (unpaired) electrons. The maximum absolute atomic E-state index is 12.5. The van der Waals surface area contributed by atoms with Crippen LogP contribution in [-0.4, -0.2) is 23.5 Å². The molecule has 2 N–H and O–H groups in total. The summed E-state index contributed by atoms with van der Waals surface area (Å²) < 4.78 is 0. The topological polar surface area (TPSA) is 66.4 Å². The Balaban J connectivity index is 2.08. The monoisotopic (exact) mass is 343 g/mol. The largest absolute Gasteiger partial charge is 0.481 e. The van der Waals surface area contributed by atoms with E-state index in [1.165, 1.54) is 11.8 Å². The minimum Gasteiger partial charge on any atom is -0.481 e. The van der Waals surface area contributed by atoms with E-state index in [2.05, 4.69) is 5.32 Å². The SMILES string of the molecule is CCCC(CNC(=O)c1ccccc1Sc1ccccc1)C(=O)O. The number of hydrogen-bond donors (Lipinski definition) is 2. The van der Waals surface area contributed by atoms with E-state index in [4.69, 9.17) is 0 Å². The molecule has 1 atom stereocenters. The molecule has 2 aromatic carbocycles. The summed E-state index contributed by atoms with van der Waals surface area (Å²) in [6.45, 7) is 2.08. The van der Waals surface area contributed by atoms with Gasteiger partial charge in [-0.15, -0.1) is 0 Å². The second-order valence-corrected chi connectivity index (χ2v) is 6.56. The number of carboxylic acid groups (broad SMARTS) is 1. The van der Waals surface area contributed by atoms with Gasteiger partial charge in [0.1, 0.15) is 0 Å². The zero-order chi connectivity index (χ0) is 17.4. The van der Waals surface area contributed by atoms with Gasteiger partial charge in [-0.2, -0.15) is 0 Å². The van der Waals surface area contributed by atoms with Crippen molar-refractivity contribution in [3.63, 3.8) is 0 Å². The van der Waals surface area contributed by atoms with Crippen LogP contribution in [0.3, 0.4) is 0 Å². The van der Waals surface area contributed by atoms with E-state index in [0.29, 0.717) is 12.0 Å². The lowest BCUT2D eigenvalue weighted by Gasteiger charge is -2.14. The maximum Gasteiger partial charge on any atom is 0.308 e. The molecule has 0 spiro atoms. The van der Waals surface area contributed by atoms with Crippen LogP contribution in [0.5, 0.6) is 0 Å². The highest BCUT2D eigenvalue weighted by molar-refractivity contribution is 7.99. The molecule has 0 aromatic heterocycles. The Morgan fingerprint density at radius 2 is 1.75 bits per heavy atom. The average Bonchev–Trinajstić information content (AvgIpc) is 2.59. The molecule has 0 saturated carbocycles. The minimum atomic E-state index is -0.871. The fourth-order valence-electron chi connectivity index (χ4n) is 2.33. The normalized spacial score (nSPS) is 11.7. The molecule has 0 saturated heterocycles. The summed E-state index contributed by atoms with van der Waals surface area (Å²) in [6, 6.07) is 17.2. The van der Waals surface area contributed by atoms with E-state index < -0.39 is 11.9 Å². The van der Waals surface area contributed by atoms with Gasteiger partial charge in [-0.1, -0.05) is 55.4 Å². The number of nitrogens with one attached hydrogen (secondary N) is 1. The van der Waals surface area contributed by atoms with Crippen molar-refractivity contribution in [2.75, 3.05) is 6.54 Å². The summed E-state index contributed by atoms with van der Waals surface area (Å²) >= 11 is 1.52. The van der Waals surface area contributed by atoms with Crippen LogP contribution in [0.4, 0.5) is 0 Å². The Morgan fingerprint density at radius 1 is 1.08 bits per heavy atom. The molecule has 0 bridgehead atoms. The highest BCUT2D eigenvalue weighted by Gasteiger charge is 2.19. The van der Waals surface area contributed by atoms with Crippen molar-refractivity contribution in [1.29, 1.82) is 0 Å². The summed E-state index contributed by atoms with van der Waals surface area (Å²) in [6.07, 6.45) is 1.32. The second-order valence-electron chi connectivity index (χ2n) is 5.45. The van der Waals surface area contributed by atoms with Crippen molar-refractivity contribution in [2.24, 2.45) is 5.92 Å². The smallest absolute Gasteiger partial charge is 0.308 e. The van der Waals surface area contributed by atoms with E-state index >= 15 is 0 Å². The molecule has 0 aliphatic heterocycles. The van der Waals surface area contributed by atoms with Gasteiger partial charge in [0.2, 0.25) is 0 Å². The fraction of sp³-hybridized carbons (Fsp3) is 0.263. The molecular weight excluding hydrogens is 322 g/mol. The van der Waals surface area contributed by atoms with Gasteiger partial charge in [-0.05, 0) is 30.7 Å². The lowest BCUT2D eigenvalue weighted by Crippen LogP contribution is -2.33. The molecule has 1 unspecified atom stereocenters. The Morgan fingerprint density at radius 3 is 2.42 bits per heavy atom. The highest BCUT2D eigenvalue weighted by atomic mass is 32.2. The third-order valence-corrected chi connectivity index (χ3v) is 4.68. The third-order valence-electron chi connectivity index (χ3n) is 3.60. The summed E-state index contributed by atoms with van der Waals surface area (Å²) in [5.41, 5.74) is 0.562. The van der Waals surface area contributed by atoms with E-state index in [0.717, 1.165) is 16.2 Å². The van der Waals surface area contributed by atoms with Crippen LogP contribution >= 0.6 is 11.8 Å². The zero-order valence-electron chi connectivity index (χ0n) is 13.6. The van der Waals surface area contributed by atoms with Gasteiger partial charge >= 0.3 is 5.97 Å². The predicted octanol–water partition coefficient (Wildman–Crippen LogP) is 4.07. The van der Waals surface area contributed by atoms with Gasteiger partial charge in [-0.3, -0.25) is 9.59 Å². The predicted molar refractivity (Wildman–Crippen MR) is 95.4 cm³/mol. The number of carboxylic acids is 1. The number of hydrogen-bond acceptors (Lipinski definition) is 3. The molecule has 0 fully saturated rings. The first kappa shape index (κ1) is 18.1. The molecule has 0 aliphatic carbocycles. The molecule has 0 aliphatic rings. The number of rotatable bonds is 8. The number of carbonyl (C=O) groups excluding carboxylic acids is 1. The highest BCUT2D eigenvalue weighted by Crippen LogP contribution is 2.30. The van der Waals surface area contributed by atoms with Crippen molar-refractivity contribution in [3.8, 4) is 0 Å². The minimum absolute atomic E-state index is 0.145. The fourth-order valence-corrected chi connectivity index (χ4v) is 3.30. The molecule has 5 heteroatoms. The van der Waals surface area contributed by atoms with Crippen LogP contribution in [-0.2, 0) is 4.79 Å². The van der Waals surface area contributed by atoms with Crippen molar-refractivity contribution < 1.29 is 14.7 Å². The summed E-state index contributed by atoms with van der Waals surface area (Å²) in [5.74, 6) is -1.66. The lowest BCUT2D eigenvalue weighted by molar-refractivity contribution is -0.141. The van der Waals surface area contributed by atoms with Crippen molar-refractivity contribution in [3.05, 3.63) is 60.2 Å². The molecule has 4 nitrogen and oxygen atoms in total. The number of amides is 1. The first-order valence-corrected chi connectivity index (χ1v) is 8.76. The number of benzene rings is 2. The van der Waals surface area contributed by atoms with E-state index in [1.807, 2.05) is 55.5 Å². The molecule has 24 heavy (non-hydrogen) atoms. The van der Waals surface area contributed by atoms with Gasteiger partial charge in [-0.25, -0.2) is 0 Å². The zero-order valence-corrected chi connectivity index (χ0v) is 14.4. The van der Waals surface area contributed by atoms with Crippen LogP contribution in [0.1, 0.15) is 30.1 Å². The van der Waals surface area contributed by atoms with Gasteiger partial charge in [0, 0.05) is 16.3 Å². The van der Waals surface area contributed by atoms with Crippen molar-refractivity contribution >= 4 is 23.6 Å². The molecule has 126 valence electrons.